The first-order valence-corrected chi connectivity index (χ1v) is 12.2. The third-order valence-electron chi connectivity index (χ3n) is 7.90. The number of benzene rings is 1. The average molecular weight is 438 g/mol. The van der Waals surface area contributed by atoms with Gasteiger partial charge in [0.05, 0.1) is 17.1 Å². The molecule has 0 aliphatic carbocycles. The zero-order chi connectivity index (χ0) is 22.2. The predicted molar refractivity (Wildman–Crippen MR) is 125 cm³/mol. The monoisotopic (exact) mass is 437 g/mol. The highest BCUT2D eigenvalue weighted by Crippen LogP contribution is 2.37. The van der Waals surface area contributed by atoms with Crippen molar-refractivity contribution in [3.63, 3.8) is 0 Å². The second kappa shape index (κ2) is 8.94. The lowest BCUT2D eigenvalue weighted by molar-refractivity contribution is -0.134. The van der Waals surface area contributed by atoms with Crippen molar-refractivity contribution in [3.8, 4) is 0 Å². The molecular weight excluding hydrogens is 402 g/mol. The van der Waals surface area contributed by atoms with Crippen LogP contribution >= 0.6 is 0 Å². The number of nitrogens with zero attached hydrogens (tertiary/aromatic N) is 3. The zero-order valence-corrected chi connectivity index (χ0v) is 19.3. The quantitative estimate of drug-likeness (QED) is 0.719. The van der Waals surface area contributed by atoms with Gasteiger partial charge < -0.3 is 10.2 Å². The smallest absolute Gasteiger partial charge is 0.235 e. The summed E-state index contributed by atoms with van der Waals surface area (Å²) in [6, 6.07) is 4.42. The highest BCUT2D eigenvalue weighted by molar-refractivity contribution is 6.02. The van der Waals surface area contributed by atoms with Crippen molar-refractivity contribution >= 4 is 22.7 Å². The van der Waals surface area contributed by atoms with Crippen LogP contribution in [0.3, 0.4) is 0 Å². The summed E-state index contributed by atoms with van der Waals surface area (Å²) in [5.41, 5.74) is 4.64. The first kappa shape index (κ1) is 21.6. The van der Waals surface area contributed by atoms with Crippen molar-refractivity contribution in [2.24, 2.45) is 13.0 Å². The number of nitrogens with one attached hydrogen (secondary N) is 2. The molecule has 3 fully saturated rings. The normalized spacial score (nSPS) is 24.2. The van der Waals surface area contributed by atoms with E-state index in [1.165, 1.54) is 69.5 Å². The molecule has 1 aromatic carbocycles. The van der Waals surface area contributed by atoms with Crippen LogP contribution in [0.15, 0.2) is 12.1 Å². The fourth-order valence-electron chi connectivity index (χ4n) is 6.12. The second-order valence-electron chi connectivity index (χ2n) is 9.96. The molecule has 2 aromatic rings. The lowest BCUT2D eigenvalue weighted by atomic mass is 9.84. The molecule has 7 nitrogen and oxygen atoms in total. The molecule has 7 heteroatoms. The Morgan fingerprint density at radius 1 is 1.06 bits per heavy atom. The topological polar surface area (TPSA) is 79.3 Å². The van der Waals surface area contributed by atoms with Crippen LogP contribution in [-0.2, 0) is 16.6 Å². The first-order valence-electron chi connectivity index (χ1n) is 12.2. The molecule has 3 aliphatic heterocycles. The van der Waals surface area contributed by atoms with E-state index < -0.39 is 0 Å². The Balaban J connectivity index is 1.32. The molecule has 0 saturated carbocycles. The van der Waals surface area contributed by atoms with Crippen molar-refractivity contribution < 1.29 is 9.59 Å². The summed E-state index contributed by atoms with van der Waals surface area (Å²) in [6.07, 6.45) is 5.94. The number of aromatic nitrogens is 2. The van der Waals surface area contributed by atoms with Gasteiger partial charge in [-0.1, -0.05) is 12.1 Å². The standard InChI is InChI=1S/C25H35N5O2/c1-16-19(18-9-13-30(14-10-18)15-17-7-11-26-12-8-17)3-4-20-23(28-29(2)24(16)20)21-5-6-22(31)27-25(21)32/h3-4,17-18,21,26H,5-15H2,1-2H3,(H,27,31,32). The van der Waals surface area contributed by atoms with Gasteiger partial charge in [0, 0.05) is 25.4 Å². The number of rotatable bonds is 4. The Bertz CT molecular complexity index is 1010. The Morgan fingerprint density at radius 2 is 1.81 bits per heavy atom. The van der Waals surface area contributed by atoms with E-state index >= 15 is 0 Å². The van der Waals surface area contributed by atoms with Crippen LogP contribution in [-0.4, -0.2) is 59.2 Å². The summed E-state index contributed by atoms with van der Waals surface area (Å²) < 4.78 is 1.93. The molecular formula is C25H35N5O2. The number of aryl methyl sites for hydroxylation is 2. The number of fused-ring (bicyclic) bond motifs is 1. The van der Waals surface area contributed by atoms with Gasteiger partial charge >= 0.3 is 0 Å². The molecule has 3 aliphatic rings. The van der Waals surface area contributed by atoms with Gasteiger partial charge in [-0.2, -0.15) is 5.10 Å². The molecule has 5 rings (SSSR count). The van der Waals surface area contributed by atoms with Crippen molar-refractivity contribution in [2.75, 3.05) is 32.7 Å². The summed E-state index contributed by atoms with van der Waals surface area (Å²) >= 11 is 0. The number of piperidine rings is 3. The lowest BCUT2D eigenvalue weighted by Gasteiger charge is -2.36. The fraction of sp³-hybridized carbons (Fsp3) is 0.640. The van der Waals surface area contributed by atoms with Gasteiger partial charge in [-0.05, 0) is 88.2 Å². The Kier molecular flexibility index (Phi) is 6.03. The van der Waals surface area contributed by atoms with Gasteiger partial charge in [0.15, 0.2) is 0 Å². The van der Waals surface area contributed by atoms with Crippen LogP contribution in [0.1, 0.15) is 67.2 Å². The van der Waals surface area contributed by atoms with E-state index in [4.69, 9.17) is 5.10 Å². The maximum atomic E-state index is 12.4. The third-order valence-corrected chi connectivity index (χ3v) is 7.90. The van der Waals surface area contributed by atoms with Crippen LogP contribution in [0, 0.1) is 12.8 Å². The van der Waals surface area contributed by atoms with E-state index in [1.807, 2.05) is 11.7 Å². The fourth-order valence-corrected chi connectivity index (χ4v) is 6.12. The highest BCUT2D eigenvalue weighted by atomic mass is 16.2. The van der Waals surface area contributed by atoms with E-state index in [0.717, 1.165) is 22.5 Å². The maximum absolute atomic E-state index is 12.4. The molecule has 172 valence electrons. The van der Waals surface area contributed by atoms with E-state index in [2.05, 4.69) is 34.6 Å². The SMILES string of the molecule is Cc1c(C2CCN(CC3CCNCC3)CC2)ccc2c(C3CCC(=O)NC3=O)nn(C)c12. The Morgan fingerprint density at radius 3 is 2.53 bits per heavy atom. The number of amides is 2. The number of imide groups is 1. The largest absolute Gasteiger partial charge is 0.317 e. The zero-order valence-electron chi connectivity index (χ0n) is 19.3. The van der Waals surface area contributed by atoms with E-state index in [9.17, 15) is 9.59 Å². The van der Waals surface area contributed by atoms with Crippen molar-refractivity contribution in [1.29, 1.82) is 0 Å². The van der Waals surface area contributed by atoms with Gasteiger partial charge in [0.1, 0.15) is 0 Å². The average Bonchev–Trinajstić information content (AvgIpc) is 3.12. The molecule has 0 radical (unpaired) electrons. The minimum Gasteiger partial charge on any atom is -0.317 e. The number of carbonyl (C=O) groups excluding carboxylic acids is 2. The Labute approximate surface area is 189 Å². The number of likely N-dealkylation sites (tertiary alicyclic amines) is 1. The summed E-state index contributed by atoms with van der Waals surface area (Å²) in [7, 11) is 1.97. The van der Waals surface area contributed by atoms with Crippen LogP contribution in [0.2, 0.25) is 0 Å². The van der Waals surface area contributed by atoms with Crippen LogP contribution in [0.4, 0.5) is 0 Å². The minimum absolute atomic E-state index is 0.184. The van der Waals surface area contributed by atoms with Gasteiger partial charge in [0.25, 0.3) is 0 Å². The number of hydrogen-bond donors (Lipinski definition) is 2. The van der Waals surface area contributed by atoms with E-state index in [-0.39, 0.29) is 17.7 Å². The van der Waals surface area contributed by atoms with E-state index in [0.29, 0.717) is 18.8 Å². The summed E-state index contributed by atoms with van der Waals surface area (Å²) in [4.78, 5) is 26.7. The molecule has 1 unspecified atom stereocenters. The number of hydrogen-bond acceptors (Lipinski definition) is 5. The van der Waals surface area contributed by atoms with Crippen LogP contribution < -0.4 is 10.6 Å². The van der Waals surface area contributed by atoms with Crippen molar-refractivity contribution in [3.05, 3.63) is 29.0 Å². The highest BCUT2D eigenvalue weighted by Gasteiger charge is 2.32. The Hall–Kier alpha value is -2.25. The molecule has 0 spiro atoms. The summed E-state index contributed by atoms with van der Waals surface area (Å²) in [5.74, 6) is 0.684. The minimum atomic E-state index is -0.347. The van der Waals surface area contributed by atoms with E-state index in [1.54, 1.807) is 0 Å². The van der Waals surface area contributed by atoms with Crippen LogP contribution in [0.5, 0.6) is 0 Å². The van der Waals surface area contributed by atoms with Gasteiger partial charge in [-0.25, -0.2) is 0 Å². The molecule has 2 amide bonds. The second-order valence-corrected chi connectivity index (χ2v) is 9.96. The molecule has 32 heavy (non-hydrogen) atoms. The van der Waals surface area contributed by atoms with Gasteiger partial charge in [-0.15, -0.1) is 0 Å². The molecule has 0 bridgehead atoms. The van der Waals surface area contributed by atoms with Crippen LogP contribution in [0.25, 0.3) is 10.9 Å². The third kappa shape index (κ3) is 4.08. The predicted octanol–water partition coefficient (Wildman–Crippen LogP) is 2.58. The molecule has 1 aromatic heterocycles. The summed E-state index contributed by atoms with van der Waals surface area (Å²) in [5, 5.41) is 11.7. The van der Waals surface area contributed by atoms with Gasteiger partial charge in [0.2, 0.25) is 11.8 Å². The molecule has 1 atom stereocenters. The maximum Gasteiger partial charge on any atom is 0.235 e. The molecule has 2 N–H and O–H groups in total. The number of carbonyl (C=O) groups is 2. The first-order chi connectivity index (χ1) is 15.5. The van der Waals surface area contributed by atoms with Crippen molar-refractivity contribution in [2.45, 2.75) is 57.3 Å². The molecule has 4 heterocycles. The van der Waals surface area contributed by atoms with Crippen molar-refractivity contribution in [1.82, 2.24) is 25.3 Å². The van der Waals surface area contributed by atoms with Gasteiger partial charge in [-0.3, -0.25) is 19.6 Å². The summed E-state index contributed by atoms with van der Waals surface area (Å²) in [6.45, 7) is 8.16. The lowest BCUT2D eigenvalue weighted by Crippen LogP contribution is -2.40. The molecule has 3 saturated heterocycles.